The van der Waals surface area contributed by atoms with Crippen molar-refractivity contribution >= 4 is 12.6 Å². The molecular weight excluding hydrogens is 325 g/mol. The van der Waals surface area contributed by atoms with Crippen LogP contribution in [0.3, 0.4) is 0 Å². The summed E-state index contributed by atoms with van der Waals surface area (Å²) in [5, 5.41) is 0. The molecule has 144 valence electrons. The van der Waals surface area contributed by atoms with Crippen molar-refractivity contribution in [3.63, 3.8) is 0 Å². The first-order valence-corrected chi connectivity index (χ1v) is 10.0. The summed E-state index contributed by atoms with van der Waals surface area (Å²) in [6.45, 7) is 12.8. The minimum atomic E-state index is -0.389. The Hall–Kier alpha value is -1.04. The second-order valence-electron chi connectivity index (χ2n) is 8.72. The summed E-state index contributed by atoms with van der Waals surface area (Å²) in [4.78, 5) is 2.62. The van der Waals surface area contributed by atoms with Gasteiger partial charge in [0.1, 0.15) is 5.75 Å². The van der Waals surface area contributed by atoms with Gasteiger partial charge in [-0.2, -0.15) is 0 Å². The Morgan fingerprint density at radius 2 is 1.81 bits per heavy atom. The standard InChI is InChI=1S/C21H34BNO3/c1-7-8-13-23(17-10-11-17)15-16-9-12-19(24-6)18(14-16)22-25-20(2,3)21(4,5)26-22/h9,12,14,17H,7-8,10-11,13,15H2,1-6H3. The van der Waals surface area contributed by atoms with E-state index in [9.17, 15) is 0 Å². The van der Waals surface area contributed by atoms with Crippen LogP contribution < -0.4 is 10.2 Å². The van der Waals surface area contributed by atoms with Crippen molar-refractivity contribution in [3.05, 3.63) is 23.8 Å². The van der Waals surface area contributed by atoms with Gasteiger partial charge in [0.2, 0.25) is 0 Å². The van der Waals surface area contributed by atoms with Gasteiger partial charge in [-0.1, -0.05) is 25.5 Å². The van der Waals surface area contributed by atoms with Gasteiger partial charge in [-0.3, -0.25) is 4.90 Å². The van der Waals surface area contributed by atoms with Crippen molar-refractivity contribution in [3.8, 4) is 5.75 Å². The average Bonchev–Trinajstić information content (AvgIpc) is 3.39. The largest absolute Gasteiger partial charge is 0.498 e. The second kappa shape index (κ2) is 7.53. The quantitative estimate of drug-likeness (QED) is 0.662. The highest BCUT2D eigenvalue weighted by atomic mass is 16.7. The van der Waals surface area contributed by atoms with Gasteiger partial charge in [-0.15, -0.1) is 0 Å². The minimum Gasteiger partial charge on any atom is -0.497 e. The molecule has 1 saturated carbocycles. The van der Waals surface area contributed by atoms with Crippen LogP contribution in [0.1, 0.15) is 65.9 Å². The molecule has 3 rings (SSSR count). The molecule has 0 unspecified atom stereocenters. The normalized spacial score (nSPS) is 21.4. The predicted molar refractivity (Wildman–Crippen MR) is 107 cm³/mol. The van der Waals surface area contributed by atoms with Crippen molar-refractivity contribution in [2.75, 3.05) is 13.7 Å². The van der Waals surface area contributed by atoms with E-state index in [4.69, 9.17) is 14.0 Å². The molecule has 2 fully saturated rings. The van der Waals surface area contributed by atoms with Gasteiger partial charge < -0.3 is 14.0 Å². The number of hydrogen-bond acceptors (Lipinski definition) is 4. The summed E-state index contributed by atoms with van der Waals surface area (Å²) in [6, 6.07) is 7.21. The summed E-state index contributed by atoms with van der Waals surface area (Å²) < 4.78 is 18.1. The summed E-state index contributed by atoms with van der Waals surface area (Å²) in [7, 11) is 1.32. The number of methoxy groups -OCH3 is 1. The number of nitrogens with zero attached hydrogens (tertiary/aromatic N) is 1. The van der Waals surface area contributed by atoms with Crippen LogP contribution in [0.2, 0.25) is 0 Å². The first-order valence-electron chi connectivity index (χ1n) is 10.0. The maximum Gasteiger partial charge on any atom is 0.498 e. The Morgan fingerprint density at radius 1 is 1.15 bits per heavy atom. The average molecular weight is 359 g/mol. The van der Waals surface area contributed by atoms with Crippen LogP contribution in [0, 0.1) is 0 Å². The molecule has 0 atom stereocenters. The van der Waals surface area contributed by atoms with Crippen LogP contribution in [0.15, 0.2) is 18.2 Å². The van der Waals surface area contributed by atoms with E-state index in [1.807, 2.05) is 0 Å². The van der Waals surface area contributed by atoms with Crippen LogP contribution >= 0.6 is 0 Å². The van der Waals surface area contributed by atoms with E-state index in [-0.39, 0.29) is 18.3 Å². The van der Waals surface area contributed by atoms with E-state index in [0.29, 0.717) is 0 Å². The maximum absolute atomic E-state index is 6.26. The lowest BCUT2D eigenvalue weighted by Gasteiger charge is -2.32. The van der Waals surface area contributed by atoms with Crippen molar-refractivity contribution in [1.29, 1.82) is 0 Å². The van der Waals surface area contributed by atoms with Crippen LogP contribution in [0.25, 0.3) is 0 Å². The second-order valence-corrected chi connectivity index (χ2v) is 8.72. The van der Waals surface area contributed by atoms with Crippen molar-refractivity contribution in [2.24, 2.45) is 0 Å². The fourth-order valence-electron chi connectivity index (χ4n) is 3.46. The fraction of sp³-hybridized carbons (Fsp3) is 0.714. The lowest BCUT2D eigenvalue weighted by molar-refractivity contribution is 0.00578. The van der Waals surface area contributed by atoms with Gasteiger partial charge >= 0.3 is 7.12 Å². The number of hydrogen-bond donors (Lipinski definition) is 0. The summed E-state index contributed by atoms with van der Waals surface area (Å²) in [5.74, 6) is 0.832. The number of unbranched alkanes of at least 4 members (excludes halogenated alkanes) is 1. The van der Waals surface area contributed by atoms with Gasteiger partial charge in [-0.25, -0.2) is 0 Å². The molecule has 1 saturated heterocycles. The van der Waals surface area contributed by atoms with Gasteiger partial charge in [0.15, 0.2) is 0 Å². The molecule has 0 spiro atoms. The zero-order chi connectivity index (χ0) is 18.9. The van der Waals surface area contributed by atoms with Gasteiger partial charge in [0, 0.05) is 18.0 Å². The van der Waals surface area contributed by atoms with Gasteiger partial charge in [0.25, 0.3) is 0 Å². The Bertz CT molecular complexity index is 612. The molecule has 1 aliphatic heterocycles. The smallest absolute Gasteiger partial charge is 0.497 e. The van der Waals surface area contributed by atoms with Crippen LogP contribution in [0.4, 0.5) is 0 Å². The molecule has 1 heterocycles. The Balaban J connectivity index is 1.81. The third kappa shape index (κ3) is 4.10. The molecular formula is C21H34BNO3. The third-order valence-corrected chi connectivity index (χ3v) is 6.05. The Labute approximate surface area is 159 Å². The first kappa shape index (κ1) is 19.7. The summed E-state index contributed by atoms with van der Waals surface area (Å²) in [6.07, 6.45) is 5.18. The molecule has 1 aromatic carbocycles. The molecule has 2 aliphatic rings. The fourth-order valence-corrected chi connectivity index (χ4v) is 3.46. The van der Waals surface area contributed by atoms with Crippen LogP contribution in [-0.4, -0.2) is 42.9 Å². The highest BCUT2D eigenvalue weighted by molar-refractivity contribution is 6.63. The van der Waals surface area contributed by atoms with E-state index < -0.39 is 0 Å². The molecule has 26 heavy (non-hydrogen) atoms. The Kier molecular flexibility index (Phi) is 5.71. The zero-order valence-electron chi connectivity index (χ0n) is 17.3. The van der Waals surface area contributed by atoms with Crippen LogP contribution in [-0.2, 0) is 15.9 Å². The van der Waals surface area contributed by atoms with E-state index in [0.717, 1.165) is 23.8 Å². The molecule has 0 radical (unpaired) electrons. The lowest BCUT2D eigenvalue weighted by Crippen LogP contribution is -2.41. The molecule has 0 aromatic heterocycles. The van der Waals surface area contributed by atoms with E-state index in [1.54, 1.807) is 7.11 Å². The molecule has 5 heteroatoms. The minimum absolute atomic E-state index is 0.347. The van der Waals surface area contributed by atoms with E-state index in [2.05, 4.69) is 57.7 Å². The molecule has 4 nitrogen and oxygen atoms in total. The highest BCUT2D eigenvalue weighted by Gasteiger charge is 2.52. The molecule has 0 amide bonds. The number of rotatable bonds is 8. The number of benzene rings is 1. The Morgan fingerprint density at radius 3 is 2.35 bits per heavy atom. The van der Waals surface area contributed by atoms with Crippen molar-refractivity contribution in [2.45, 2.75) is 84.1 Å². The lowest BCUT2D eigenvalue weighted by atomic mass is 9.77. The maximum atomic E-state index is 6.26. The first-order chi connectivity index (χ1) is 12.3. The molecule has 0 N–H and O–H groups in total. The molecule has 0 bridgehead atoms. The van der Waals surface area contributed by atoms with Crippen molar-refractivity contribution in [1.82, 2.24) is 4.90 Å². The number of ether oxygens (including phenoxy) is 1. The molecule has 1 aliphatic carbocycles. The van der Waals surface area contributed by atoms with E-state index >= 15 is 0 Å². The monoisotopic (exact) mass is 359 g/mol. The third-order valence-electron chi connectivity index (χ3n) is 6.05. The molecule has 1 aromatic rings. The van der Waals surface area contributed by atoms with Crippen LogP contribution in [0.5, 0.6) is 5.75 Å². The van der Waals surface area contributed by atoms with E-state index in [1.165, 1.54) is 37.8 Å². The summed E-state index contributed by atoms with van der Waals surface area (Å²) >= 11 is 0. The van der Waals surface area contributed by atoms with Gasteiger partial charge in [-0.05, 0) is 65.1 Å². The summed E-state index contributed by atoms with van der Waals surface area (Å²) in [5.41, 5.74) is 1.60. The zero-order valence-corrected chi connectivity index (χ0v) is 17.3. The topological polar surface area (TPSA) is 30.9 Å². The van der Waals surface area contributed by atoms with Crippen molar-refractivity contribution < 1.29 is 14.0 Å². The SMILES string of the molecule is CCCCN(Cc1ccc(OC)c(B2OC(C)(C)C(C)(C)O2)c1)C1CC1. The highest BCUT2D eigenvalue weighted by Crippen LogP contribution is 2.37. The predicted octanol–water partition coefficient (Wildman–Crippen LogP) is 3.76. The van der Waals surface area contributed by atoms with Gasteiger partial charge in [0.05, 0.1) is 18.3 Å².